The van der Waals surface area contributed by atoms with Crippen LogP contribution in [0.4, 0.5) is 0 Å². The molecular weight excluding hydrogens is 916 g/mol. The number of fused-ring (bicyclic) bond motifs is 1. The van der Waals surface area contributed by atoms with E-state index in [1.807, 2.05) is 42.6 Å². The molecule has 4 nitrogen and oxygen atoms in total. The first-order valence-electron chi connectivity index (χ1n) is 20.6. The van der Waals surface area contributed by atoms with Gasteiger partial charge in [-0.15, -0.1) is 29.3 Å². The van der Waals surface area contributed by atoms with Gasteiger partial charge in [-0.1, -0.05) is 183 Å². The Balaban J connectivity index is 0.00000544. The minimum absolute atomic E-state index is 0. The number of phenolic OH excluding ortho intramolecular Hbond substituents is 1. The summed E-state index contributed by atoms with van der Waals surface area (Å²) in [5.74, 6) is 0.535. The normalized spacial score (nSPS) is 12.6. The Morgan fingerprint density at radius 2 is 1.20 bits per heavy atom. The van der Waals surface area contributed by atoms with E-state index in [-0.39, 0.29) is 49.0 Å². The van der Waals surface area contributed by atoms with Crippen molar-refractivity contribution >= 4 is 11.1 Å². The SMILES string of the molecule is CC(c1ccccc1)c1cc(C(C)(C)C)cc(-c2nc3c(-c4[c-]c(-c5cc(-c6ccc(C(C)(C)c7ccccc7)cc6)ccn5)cc(C(C)(C)C)c4)cccc3o2)c1O.[Pt]. The first-order chi connectivity index (χ1) is 28.1. The van der Waals surface area contributed by atoms with Crippen molar-refractivity contribution in [2.24, 2.45) is 0 Å². The van der Waals surface area contributed by atoms with Crippen LogP contribution >= 0.6 is 0 Å². The molecule has 0 spiro atoms. The van der Waals surface area contributed by atoms with Crippen molar-refractivity contribution in [1.29, 1.82) is 0 Å². The van der Waals surface area contributed by atoms with E-state index in [0.29, 0.717) is 22.6 Å². The molecule has 0 aliphatic carbocycles. The number of pyridine rings is 1. The number of rotatable bonds is 8. The van der Waals surface area contributed by atoms with Gasteiger partial charge in [0.1, 0.15) is 11.3 Å². The van der Waals surface area contributed by atoms with E-state index in [9.17, 15) is 5.11 Å². The molecule has 0 fully saturated rings. The predicted molar refractivity (Wildman–Crippen MR) is 244 cm³/mol. The molecule has 5 heteroatoms. The Morgan fingerprint density at radius 1 is 0.583 bits per heavy atom. The summed E-state index contributed by atoms with van der Waals surface area (Å²) < 4.78 is 6.54. The van der Waals surface area contributed by atoms with Gasteiger partial charge in [-0.3, -0.25) is 4.98 Å². The number of para-hydroxylation sites is 1. The zero-order valence-corrected chi connectivity index (χ0v) is 38.3. The maximum absolute atomic E-state index is 12.0. The van der Waals surface area contributed by atoms with Gasteiger partial charge in [-0.2, -0.15) is 0 Å². The van der Waals surface area contributed by atoms with E-state index in [1.54, 1.807) is 0 Å². The van der Waals surface area contributed by atoms with Crippen LogP contribution in [-0.2, 0) is 37.3 Å². The van der Waals surface area contributed by atoms with E-state index >= 15 is 0 Å². The Morgan fingerprint density at radius 3 is 1.87 bits per heavy atom. The van der Waals surface area contributed by atoms with Crippen LogP contribution in [0.15, 0.2) is 150 Å². The van der Waals surface area contributed by atoms with Crippen molar-refractivity contribution in [3.05, 3.63) is 185 Å². The number of aromatic nitrogens is 2. The largest absolute Gasteiger partial charge is 0.507 e. The van der Waals surface area contributed by atoms with Crippen LogP contribution in [0.2, 0.25) is 0 Å². The molecule has 2 aromatic heterocycles. The van der Waals surface area contributed by atoms with Gasteiger partial charge in [0.15, 0.2) is 0 Å². The van der Waals surface area contributed by atoms with Gasteiger partial charge in [-0.05, 0) is 62.4 Å². The summed E-state index contributed by atoms with van der Waals surface area (Å²) in [7, 11) is 0. The van der Waals surface area contributed by atoms with Gasteiger partial charge in [-0.25, -0.2) is 4.98 Å². The molecule has 1 N–H and O–H groups in total. The fourth-order valence-corrected chi connectivity index (χ4v) is 7.93. The van der Waals surface area contributed by atoms with E-state index in [4.69, 9.17) is 14.4 Å². The molecular formula is C55H53N2O2Pt-. The van der Waals surface area contributed by atoms with E-state index in [0.717, 1.165) is 55.8 Å². The number of benzene rings is 6. The molecule has 6 aromatic carbocycles. The van der Waals surface area contributed by atoms with Crippen LogP contribution in [0.5, 0.6) is 5.75 Å². The van der Waals surface area contributed by atoms with Crippen LogP contribution in [-0.4, -0.2) is 15.1 Å². The molecule has 0 aliphatic heterocycles. The molecule has 1 atom stereocenters. The van der Waals surface area contributed by atoms with E-state index in [1.165, 1.54) is 11.1 Å². The van der Waals surface area contributed by atoms with E-state index < -0.39 is 0 Å². The number of nitrogens with zero attached hydrogens (tertiary/aromatic N) is 2. The van der Waals surface area contributed by atoms with E-state index in [2.05, 4.69) is 172 Å². The molecule has 0 bridgehead atoms. The van der Waals surface area contributed by atoms with Crippen LogP contribution in [0.25, 0.3) is 56.1 Å². The average molecular weight is 969 g/mol. The maximum atomic E-state index is 12.0. The number of phenols is 1. The Hall–Kier alpha value is -5.57. The quantitative estimate of drug-likeness (QED) is 0.154. The van der Waals surface area contributed by atoms with Crippen molar-refractivity contribution in [2.45, 2.75) is 84.5 Å². The van der Waals surface area contributed by atoms with Crippen LogP contribution < -0.4 is 0 Å². The zero-order valence-electron chi connectivity index (χ0n) is 36.0. The third-order valence-electron chi connectivity index (χ3n) is 11.9. The first kappa shape index (κ1) is 42.5. The van der Waals surface area contributed by atoms with Gasteiger partial charge in [0, 0.05) is 49.9 Å². The Labute approximate surface area is 370 Å². The van der Waals surface area contributed by atoms with Gasteiger partial charge in [0.25, 0.3) is 0 Å². The summed E-state index contributed by atoms with van der Waals surface area (Å²) >= 11 is 0. The molecule has 2 heterocycles. The first-order valence-corrected chi connectivity index (χ1v) is 20.6. The Kier molecular flexibility index (Phi) is 11.7. The topological polar surface area (TPSA) is 59.2 Å². The van der Waals surface area contributed by atoms with Gasteiger partial charge >= 0.3 is 0 Å². The monoisotopic (exact) mass is 968 g/mol. The van der Waals surface area contributed by atoms with Crippen molar-refractivity contribution in [3.8, 4) is 50.7 Å². The molecule has 8 aromatic rings. The second kappa shape index (κ2) is 16.5. The minimum atomic E-state index is -0.169. The van der Waals surface area contributed by atoms with Crippen molar-refractivity contribution < 1.29 is 30.6 Å². The molecule has 0 amide bonds. The van der Waals surface area contributed by atoms with Gasteiger partial charge in [0.05, 0.1) is 11.1 Å². The van der Waals surface area contributed by atoms with Crippen LogP contribution in [0, 0.1) is 6.07 Å². The third kappa shape index (κ3) is 8.41. The summed E-state index contributed by atoms with van der Waals surface area (Å²) in [6, 6.07) is 52.4. The summed E-state index contributed by atoms with van der Waals surface area (Å²) in [4.78, 5) is 10.0. The second-order valence-corrected chi connectivity index (χ2v) is 18.5. The number of oxazole rings is 1. The molecule has 1 unspecified atom stereocenters. The molecule has 0 saturated carbocycles. The fraction of sp³-hybridized carbons (Fsp3) is 0.236. The predicted octanol–water partition coefficient (Wildman–Crippen LogP) is 14.5. The van der Waals surface area contributed by atoms with Crippen LogP contribution in [0.1, 0.15) is 102 Å². The van der Waals surface area contributed by atoms with Crippen molar-refractivity contribution in [3.63, 3.8) is 0 Å². The summed E-state index contributed by atoms with van der Waals surface area (Å²) in [6.45, 7) is 19.9. The number of aromatic hydroxyl groups is 1. The summed E-state index contributed by atoms with van der Waals surface area (Å²) in [5.41, 5.74) is 14.1. The fourth-order valence-electron chi connectivity index (χ4n) is 7.93. The summed E-state index contributed by atoms with van der Waals surface area (Å²) in [5, 5.41) is 12.0. The van der Waals surface area contributed by atoms with Gasteiger partial charge < -0.3 is 9.52 Å². The summed E-state index contributed by atoms with van der Waals surface area (Å²) in [6.07, 6.45) is 1.89. The average Bonchev–Trinajstić information content (AvgIpc) is 3.68. The van der Waals surface area contributed by atoms with Crippen molar-refractivity contribution in [1.82, 2.24) is 9.97 Å². The minimum Gasteiger partial charge on any atom is -0.507 e. The van der Waals surface area contributed by atoms with Crippen molar-refractivity contribution in [2.75, 3.05) is 0 Å². The molecule has 8 rings (SSSR count). The second-order valence-electron chi connectivity index (χ2n) is 18.5. The number of hydrogen-bond donors (Lipinski definition) is 1. The smallest absolute Gasteiger partial charge is 0.230 e. The van der Waals surface area contributed by atoms with Gasteiger partial charge in [0.2, 0.25) is 5.89 Å². The molecule has 60 heavy (non-hydrogen) atoms. The van der Waals surface area contributed by atoms with Crippen LogP contribution in [0.3, 0.4) is 0 Å². The molecule has 0 saturated heterocycles. The Bertz CT molecular complexity index is 2770. The molecule has 0 radical (unpaired) electrons. The standard InChI is InChI=1S/C55H53N2O2.Pt/c1-35(36-17-12-10-13-18-36)46-33-44(54(5,6)7)34-47(51(46)58)52-57-50-45(21-16-22-49(50)59-52)39-29-40(31-43(30-39)53(2,3)4)48-32-38(27-28-56-48)37-23-25-42(26-24-37)55(8,9)41-19-14-11-15-20-41;/h10-28,30-35,58H,1-9H3;/q-1;. The molecule has 0 aliphatic rings. The molecule has 306 valence electrons. The maximum Gasteiger partial charge on any atom is 0.230 e. The third-order valence-corrected chi connectivity index (χ3v) is 11.9. The number of hydrogen-bond acceptors (Lipinski definition) is 4. The zero-order chi connectivity index (χ0) is 41.7.